The van der Waals surface area contributed by atoms with Crippen LogP contribution >= 0.6 is 0 Å². The monoisotopic (exact) mass is 151 g/mol. The molecule has 3 nitrogen and oxygen atoms in total. The Kier molecular flexibility index (Phi) is 1.37. The maximum atomic E-state index is 5.66. The molecule has 1 atom stereocenters. The predicted molar refractivity (Wildman–Crippen MR) is 44.2 cm³/mol. The molecular formula is C8H13N3. The molecule has 0 saturated carbocycles. The average Bonchev–Trinajstić information content (AvgIpc) is 2.32. The summed E-state index contributed by atoms with van der Waals surface area (Å²) in [6, 6.07) is 0. The number of nitrogens with zero attached hydrogens (tertiary/aromatic N) is 1. The molecule has 1 unspecified atom stereocenters. The number of fused-ring (bicyclic) bond motifs is 1. The average molecular weight is 151 g/mol. The molecule has 1 aromatic heterocycles. The molecule has 0 bridgehead atoms. The van der Waals surface area contributed by atoms with E-state index in [1.165, 1.54) is 17.7 Å². The van der Waals surface area contributed by atoms with Gasteiger partial charge in [0.1, 0.15) is 5.82 Å². The highest BCUT2D eigenvalue weighted by Crippen LogP contribution is 2.26. The molecule has 1 aromatic rings. The Morgan fingerprint density at radius 1 is 1.64 bits per heavy atom. The summed E-state index contributed by atoms with van der Waals surface area (Å²) >= 11 is 0. The van der Waals surface area contributed by atoms with Crippen LogP contribution in [0.5, 0.6) is 0 Å². The van der Waals surface area contributed by atoms with Gasteiger partial charge in [0, 0.05) is 11.3 Å². The number of hydrogen-bond donors (Lipinski definition) is 2. The van der Waals surface area contributed by atoms with Crippen molar-refractivity contribution in [1.82, 2.24) is 10.2 Å². The number of anilines is 1. The predicted octanol–water partition coefficient (Wildman–Crippen LogP) is 1.12. The number of aromatic nitrogens is 2. The van der Waals surface area contributed by atoms with Crippen molar-refractivity contribution in [3.63, 3.8) is 0 Å². The first kappa shape index (κ1) is 6.70. The first-order valence-electron chi connectivity index (χ1n) is 4.09. The Hall–Kier alpha value is -0.990. The van der Waals surface area contributed by atoms with E-state index in [9.17, 15) is 0 Å². The number of H-pyrrole nitrogens is 1. The third-order valence-corrected chi connectivity index (χ3v) is 2.42. The summed E-state index contributed by atoms with van der Waals surface area (Å²) in [5.41, 5.74) is 8.17. The molecule has 3 N–H and O–H groups in total. The molecule has 1 heterocycles. The van der Waals surface area contributed by atoms with Crippen LogP contribution in [0.3, 0.4) is 0 Å². The van der Waals surface area contributed by atoms with Crippen LogP contribution in [0, 0.1) is 5.92 Å². The molecule has 0 amide bonds. The van der Waals surface area contributed by atoms with Crippen LogP contribution in [-0.4, -0.2) is 10.2 Å². The van der Waals surface area contributed by atoms with E-state index in [1.54, 1.807) is 0 Å². The summed E-state index contributed by atoms with van der Waals surface area (Å²) in [6.07, 6.45) is 3.45. The molecule has 1 aliphatic carbocycles. The van der Waals surface area contributed by atoms with Crippen LogP contribution in [0.25, 0.3) is 0 Å². The molecule has 0 fully saturated rings. The minimum Gasteiger partial charge on any atom is -0.382 e. The van der Waals surface area contributed by atoms with Gasteiger partial charge in [0.05, 0.1) is 0 Å². The van der Waals surface area contributed by atoms with Gasteiger partial charge in [-0.3, -0.25) is 5.10 Å². The van der Waals surface area contributed by atoms with Gasteiger partial charge in [-0.05, 0) is 25.2 Å². The summed E-state index contributed by atoms with van der Waals surface area (Å²) in [7, 11) is 0. The first-order valence-corrected chi connectivity index (χ1v) is 4.09. The lowest BCUT2D eigenvalue weighted by atomic mass is 9.89. The first-order chi connectivity index (χ1) is 5.27. The third kappa shape index (κ3) is 1.00. The van der Waals surface area contributed by atoms with Crippen LogP contribution in [0.4, 0.5) is 5.82 Å². The molecule has 0 spiro atoms. The number of nitrogens with two attached hydrogens (primary N) is 1. The molecule has 0 saturated heterocycles. The van der Waals surface area contributed by atoms with E-state index < -0.39 is 0 Å². The smallest absolute Gasteiger partial charge is 0.148 e. The van der Waals surface area contributed by atoms with Crippen molar-refractivity contribution in [3.05, 3.63) is 11.3 Å². The van der Waals surface area contributed by atoms with Crippen molar-refractivity contribution in [1.29, 1.82) is 0 Å². The summed E-state index contributed by atoms with van der Waals surface area (Å²) in [6.45, 7) is 2.26. The summed E-state index contributed by atoms with van der Waals surface area (Å²) in [5.74, 6) is 1.48. The van der Waals surface area contributed by atoms with E-state index in [4.69, 9.17) is 5.73 Å². The highest BCUT2D eigenvalue weighted by atomic mass is 15.2. The Labute approximate surface area is 66.0 Å². The number of nitrogen functional groups attached to an aromatic ring is 1. The molecule has 11 heavy (non-hydrogen) atoms. The number of aromatic amines is 1. The number of rotatable bonds is 0. The van der Waals surface area contributed by atoms with E-state index in [0.29, 0.717) is 5.82 Å². The van der Waals surface area contributed by atoms with Crippen LogP contribution in [0.15, 0.2) is 0 Å². The van der Waals surface area contributed by atoms with E-state index in [1.807, 2.05) is 0 Å². The largest absolute Gasteiger partial charge is 0.382 e. The zero-order valence-electron chi connectivity index (χ0n) is 6.72. The second-order valence-electron chi connectivity index (χ2n) is 3.41. The van der Waals surface area contributed by atoms with Crippen LogP contribution in [-0.2, 0) is 12.8 Å². The van der Waals surface area contributed by atoms with E-state index in [-0.39, 0.29) is 0 Å². The second-order valence-corrected chi connectivity index (χ2v) is 3.41. The third-order valence-electron chi connectivity index (χ3n) is 2.42. The quantitative estimate of drug-likeness (QED) is 0.583. The molecule has 0 aromatic carbocycles. The molecule has 60 valence electrons. The van der Waals surface area contributed by atoms with Gasteiger partial charge in [-0.15, -0.1) is 0 Å². The van der Waals surface area contributed by atoms with Gasteiger partial charge in [-0.1, -0.05) is 6.92 Å². The summed E-state index contributed by atoms with van der Waals surface area (Å²) in [5, 5.41) is 6.97. The summed E-state index contributed by atoms with van der Waals surface area (Å²) < 4.78 is 0. The Balaban J connectivity index is 2.36. The molecule has 0 aliphatic heterocycles. The maximum absolute atomic E-state index is 5.66. The zero-order valence-corrected chi connectivity index (χ0v) is 6.72. The van der Waals surface area contributed by atoms with Gasteiger partial charge in [0.15, 0.2) is 0 Å². The fourth-order valence-electron chi connectivity index (χ4n) is 1.71. The van der Waals surface area contributed by atoms with Gasteiger partial charge < -0.3 is 5.73 Å². The summed E-state index contributed by atoms with van der Waals surface area (Å²) in [4.78, 5) is 0. The number of hydrogen-bond acceptors (Lipinski definition) is 2. The van der Waals surface area contributed by atoms with Crippen LogP contribution < -0.4 is 5.73 Å². The van der Waals surface area contributed by atoms with Gasteiger partial charge in [0.2, 0.25) is 0 Å². The SMILES string of the molecule is CC1CCc2c(N)n[nH]c2C1. The molecule has 1 aliphatic rings. The Morgan fingerprint density at radius 3 is 3.27 bits per heavy atom. The molecule has 3 heteroatoms. The van der Waals surface area contributed by atoms with Crippen molar-refractivity contribution >= 4 is 5.82 Å². The van der Waals surface area contributed by atoms with Gasteiger partial charge in [-0.25, -0.2) is 0 Å². The fraction of sp³-hybridized carbons (Fsp3) is 0.625. The maximum Gasteiger partial charge on any atom is 0.148 e. The van der Waals surface area contributed by atoms with Crippen molar-refractivity contribution in [2.75, 3.05) is 5.73 Å². The van der Waals surface area contributed by atoms with Crippen molar-refractivity contribution in [2.45, 2.75) is 26.2 Å². The lowest BCUT2D eigenvalue weighted by molar-refractivity contribution is 0.495. The van der Waals surface area contributed by atoms with Crippen molar-refractivity contribution < 1.29 is 0 Å². The number of nitrogens with one attached hydrogen (secondary N) is 1. The molecule has 2 rings (SSSR count). The normalized spacial score (nSPS) is 23.2. The van der Waals surface area contributed by atoms with E-state index >= 15 is 0 Å². The molecule has 0 radical (unpaired) electrons. The highest BCUT2D eigenvalue weighted by Gasteiger charge is 2.18. The Bertz CT molecular complexity index is 264. The van der Waals surface area contributed by atoms with Gasteiger partial charge >= 0.3 is 0 Å². The van der Waals surface area contributed by atoms with Crippen LogP contribution in [0.2, 0.25) is 0 Å². The fourth-order valence-corrected chi connectivity index (χ4v) is 1.71. The lowest BCUT2D eigenvalue weighted by Gasteiger charge is -2.16. The topological polar surface area (TPSA) is 54.7 Å². The lowest BCUT2D eigenvalue weighted by Crippen LogP contribution is -2.10. The van der Waals surface area contributed by atoms with E-state index in [0.717, 1.165) is 18.8 Å². The minimum absolute atomic E-state index is 0.701. The highest BCUT2D eigenvalue weighted by molar-refractivity contribution is 5.43. The van der Waals surface area contributed by atoms with Gasteiger partial charge in [-0.2, -0.15) is 5.10 Å². The van der Waals surface area contributed by atoms with Crippen molar-refractivity contribution in [2.24, 2.45) is 5.92 Å². The van der Waals surface area contributed by atoms with Gasteiger partial charge in [0.25, 0.3) is 0 Å². The second kappa shape index (κ2) is 2.26. The van der Waals surface area contributed by atoms with Crippen molar-refractivity contribution in [3.8, 4) is 0 Å². The standard InChI is InChI=1S/C8H13N3/c1-5-2-3-6-7(4-5)10-11-8(6)9/h5H,2-4H2,1H3,(H3,9,10,11). The zero-order chi connectivity index (χ0) is 7.84. The van der Waals surface area contributed by atoms with Crippen LogP contribution in [0.1, 0.15) is 24.6 Å². The Morgan fingerprint density at radius 2 is 2.45 bits per heavy atom. The van der Waals surface area contributed by atoms with E-state index in [2.05, 4.69) is 17.1 Å². The molecular weight excluding hydrogens is 138 g/mol. The minimum atomic E-state index is 0.701.